The van der Waals surface area contributed by atoms with Gasteiger partial charge in [0.2, 0.25) is 0 Å². The molecule has 21 heavy (non-hydrogen) atoms. The minimum absolute atomic E-state index is 0.108. The summed E-state index contributed by atoms with van der Waals surface area (Å²) in [6, 6.07) is 3.61. The molecular weight excluding hydrogens is 268 g/mol. The summed E-state index contributed by atoms with van der Waals surface area (Å²) in [7, 11) is 1.59. The average Bonchev–Trinajstić information content (AvgIpc) is 2.56. The first kappa shape index (κ1) is 13.9. The molecule has 0 unspecified atom stereocenters. The third-order valence-electron chi connectivity index (χ3n) is 4.01. The molecule has 1 saturated heterocycles. The van der Waals surface area contributed by atoms with Crippen LogP contribution in [0.25, 0.3) is 10.9 Å². The van der Waals surface area contributed by atoms with Crippen LogP contribution >= 0.6 is 0 Å². The largest absolute Gasteiger partial charge is 0.368 e. The topological polar surface area (TPSA) is 76.1 Å². The lowest BCUT2D eigenvalue weighted by molar-refractivity contribution is -0.140. The van der Waals surface area contributed by atoms with E-state index in [2.05, 4.69) is 20.6 Å². The molecule has 0 aromatic carbocycles. The summed E-state index contributed by atoms with van der Waals surface area (Å²) in [5.41, 5.74) is 0.760. The first-order valence-electron chi connectivity index (χ1n) is 7.01. The molecule has 0 spiro atoms. The number of rotatable bonds is 3. The van der Waals surface area contributed by atoms with E-state index in [1.54, 1.807) is 31.8 Å². The molecule has 1 aliphatic rings. The Hall–Kier alpha value is -2.05. The second kappa shape index (κ2) is 5.75. The third kappa shape index (κ3) is 2.59. The summed E-state index contributed by atoms with van der Waals surface area (Å²) in [6.07, 6.45) is 6.40. The van der Waals surface area contributed by atoms with Crippen molar-refractivity contribution in [2.45, 2.75) is 18.4 Å². The maximum atomic E-state index is 12.7. The molecule has 110 valence electrons. The molecule has 2 N–H and O–H groups in total. The number of nitrogens with one attached hydrogen (secondary N) is 2. The number of fused-ring (bicyclic) bond motifs is 1. The molecule has 0 atom stereocenters. The first-order chi connectivity index (χ1) is 10.2. The van der Waals surface area contributed by atoms with Gasteiger partial charge in [0, 0.05) is 31.1 Å². The van der Waals surface area contributed by atoms with Crippen LogP contribution in [0.2, 0.25) is 0 Å². The predicted molar refractivity (Wildman–Crippen MR) is 80.0 cm³/mol. The quantitative estimate of drug-likeness (QED) is 0.890. The number of ether oxygens (including phenoxy) is 1. The van der Waals surface area contributed by atoms with Gasteiger partial charge in [-0.2, -0.15) is 0 Å². The van der Waals surface area contributed by atoms with E-state index in [4.69, 9.17) is 4.74 Å². The molecule has 0 aliphatic carbocycles. The molecule has 6 nitrogen and oxygen atoms in total. The number of aromatic nitrogens is 2. The van der Waals surface area contributed by atoms with Crippen LogP contribution in [0.4, 0.5) is 5.69 Å². The van der Waals surface area contributed by atoms with E-state index in [-0.39, 0.29) is 5.91 Å². The van der Waals surface area contributed by atoms with Gasteiger partial charge in [0.1, 0.15) is 5.60 Å². The minimum atomic E-state index is -0.761. The standard InChI is InChI=1S/C15H18N4O2/c1-21-15(4-8-16-9-5-15)14(20)19-13-3-7-18-12-2-6-17-10-11(12)13/h2-3,6-7,10,16H,4-5,8-9H2,1H3,(H,18,19,20). The van der Waals surface area contributed by atoms with Crippen molar-refractivity contribution in [2.24, 2.45) is 0 Å². The van der Waals surface area contributed by atoms with Crippen molar-refractivity contribution in [3.05, 3.63) is 30.7 Å². The molecule has 1 amide bonds. The molecule has 1 fully saturated rings. The van der Waals surface area contributed by atoms with Crippen LogP contribution in [0.1, 0.15) is 12.8 Å². The third-order valence-corrected chi connectivity index (χ3v) is 4.01. The van der Waals surface area contributed by atoms with Gasteiger partial charge in [-0.3, -0.25) is 14.8 Å². The van der Waals surface area contributed by atoms with Gasteiger partial charge in [-0.05, 0) is 38.1 Å². The Morgan fingerprint density at radius 1 is 1.33 bits per heavy atom. The fourth-order valence-electron chi connectivity index (χ4n) is 2.69. The van der Waals surface area contributed by atoms with Crippen molar-refractivity contribution in [1.29, 1.82) is 0 Å². The highest BCUT2D eigenvalue weighted by Crippen LogP contribution is 2.26. The highest BCUT2D eigenvalue weighted by molar-refractivity contribution is 6.03. The first-order valence-corrected chi connectivity index (χ1v) is 7.01. The van der Waals surface area contributed by atoms with Crippen LogP contribution in [0.15, 0.2) is 30.7 Å². The predicted octanol–water partition coefficient (Wildman–Crippen LogP) is 1.34. The fourth-order valence-corrected chi connectivity index (χ4v) is 2.69. The van der Waals surface area contributed by atoms with Crippen molar-refractivity contribution in [3.63, 3.8) is 0 Å². The molecule has 3 heterocycles. The van der Waals surface area contributed by atoms with Gasteiger partial charge in [-0.25, -0.2) is 0 Å². The van der Waals surface area contributed by atoms with Crippen LogP contribution in [0.3, 0.4) is 0 Å². The number of hydrogen-bond donors (Lipinski definition) is 2. The van der Waals surface area contributed by atoms with Crippen LogP contribution in [-0.2, 0) is 9.53 Å². The zero-order valence-corrected chi connectivity index (χ0v) is 11.9. The maximum absolute atomic E-state index is 12.7. The number of methoxy groups -OCH3 is 1. The van der Waals surface area contributed by atoms with Crippen molar-refractivity contribution in [3.8, 4) is 0 Å². The van der Waals surface area contributed by atoms with E-state index in [0.29, 0.717) is 18.5 Å². The second-order valence-corrected chi connectivity index (χ2v) is 5.15. The van der Waals surface area contributed by atoms with E-state index in [1.165, 1.54) is 0 Å². The summed E-state index contributed by atoms with van der Waals surface area (Å²) in [5, 5.41) is 7.04. The molecule has 6 heteroatoms. The molecule has 0 bridgehead atoms. The van der Waals surface area contributed by atoms with E-state index in [1.807, 2.05) is 6.07 Å². The van der Waals surface area contributed by atoms with Gasteiger partial charge < -0.3 is 15.4 Å². The zero-order valence-electron chi connectivity index (χ0n) is 11.9. The highest BCUT2D eigenvalue weighted by atomic mass is 16.5. The van der Waals surface area contributed by atoms with Gasteiger partial charge in [-0.15, -0.1) is 0 Å². The normalized spacial score (nSPS) is 17.6. The van der Waals surface area contributed by atoms with Crippen LogP contribution in [0.5, 0.6) is 0 Å². The Bertz CT molecular complexity index is 648. The highest BCUT2D eigenvalue weighted by Gasteiger charge is 2.39. The Kier molecular flexibility index (Phi) is 3.81. The lowest BCUT2D eigenvalue weighted by Crippen LogP contribution is -2.51. The number of anilines is 1. The van der Waals surface area contributed by atoms with Crippen molar-refractivity contribution < 1.29 is 9.53 Å². The van der Waals surface area contributed by atoms with E-state index >= 15 is 0 Å². The minimum Gasteiger partial charge on any atom is -0.368 e. The summed E-state index contributed by atoms with van der Waals surface area (Å²) in [6.45, 7) is 1.56. The maximum Gasteiger partial charge on any atom is 0.256 e. The van der Waals surface area contributed by atoms with Gasteiger partial charge in [0.25, 0.3) is 5.91 Å². The van der Waals surface area contributed by atoms with Crippen molar-refractivity contribution in [1.82, 2.24) is 15.3 Å². The van der Waals surface area contributed by atoms with Gasteiger partial charge in [0.15, 0.2) is 0 Å². The molecule has 2 aromatic rings. The monoisotopic (exact) mass is 286 g/mol. The van der Waals surface area contributed by atoms with E-state index in [0.717, 1.165) is 24.0 Å². The summed E-state index contributed by atoms with van der Waals surface area (Å²) < 4.78 is 5.54. The summed E-state index contributed by atoms with van der Waals surface area (Å²) >= 11 is 0. The number of piperidine rings is 1. The lowest BCUT2D eigenvalue weighted by Gasteiger charge is -2.34. The lowest BCUT2D eigenvalue weighted by atomic mass is 9.91. The van der Waals surface area contributed by atoms with E-state index in [9.17, 15) is 4.79 Å². The van der Waals surface area contributed by atoms with Crippen LogP contribution in [0, 0.1) is 0 Å². The number of amides is 1. The van der Waals surface area contributed by atoms with Crippen LogP contribution in [-0.4, -0.2) is 41.7 Å². The number of nitrogens with zero attached hydrogens (tertiary/aromatic N) is 2. The Morgan fingerprint density at radius 3 is 2.90 bits per heavy atom. The van der Waals surface area contributed by atoms with E-state index < -0.39 is 5.60 Å². The molecule has 1 aliphatic heterocycles. The Balaban J connectivity index is 1.89. The summed E-state index contributed by atoms with van der Waals surface area (Å²) in [5.74, 6) is -0.108. The number of hydrogen-bond acceptors (Lipinski definition) is 5. The molecule has 2 aromatic heterocycles. The van der Waals surface area contributed by atoms with Crippen molar-refractivity contribution >= 4 is 22.5 Å². The van der Waals surface area contributed by atoms with Crippen molar-refractivity contribution in [2.75, 3.05) is 25.5 Å². The molecule has 3 rings (SSSR count). The number of carbonyl (C=O) groups excluding carboxylic acids is 1. The summed E-state index contributed by atoms with van der Waals surface area (Å²) in [4.78, 5) is 21.0. The number of carbonyl (C=O) groups is 1. The SMILES string of the molecule is COC1(C(=O)Nc2ccnc3ccncc23)CCNCC1. The Labute approximate surface area is 122 Å². The number of pyridine rings is 2. The fraction of sp³-hybridized carbons (Fsp3) is 0.400. The molecule has 0 saturated carbocycles. The average molecular weight is 286 g/mol. The molecule has 0 radical (unpaired) electrons. The van der Waals surface area contributed by atoms with Crippen LogP contribution < -0.4 is 10.6 Å². The van der Waals surface area contributed by atoms with Gasteiger partial charge >= 0.3 is 0 Å². The second-order valence-electron chi connectivity index (χ2n) is 5.15. The van der Waals surface area contributed by atoms with Gasteiger partial charge in [-0.1, -0.05) is 0 Å². The smallest absolute Gasteiger partial charge is 0.256 e. The Morgan fingerprint density at radius 2 is 2.14 bits per heavy atom. The van der Waals surface area contributed by atoms with Gasteiger partial charge in [0.05, 0.1) is 11.2 Å². The molecular formula is C15H18N4O2. The zero-order chi connectivity index (χ0) is 14.7.